The third-order valence-electron chi connectivity index (χ3n) is 8.36. The van der Waals surface area contributed by atoms with Crippen LogP contribution in [0.4, 0.5) is 0 Å². The van der Waals surface area contributed by atoms with Crippen molar-refractivity contribution in [3.63, 3.8) is 0 Å². The molecule has 2 aromatic carbocycles. The van der Waals surface area contributed by atoms with Crippen molar-refractivity contribution in [2.45, 2.75) is 69.9 Å². The fourth-order valence-corrected chi connectivity index (χ4v) is 6.23. The van der Waals surface area contributed by atoms with Crippen LogP contribution < -0.4 is 30.6 Å². The Morgan fingerprint density at radius 2 is 2.02 bits per heavy atom. The number of hydrogen-bond acceptors (Lipinski definition) is 10. The number of aliphatic hydroxyl groups excluding tert-OH is 1. The highest BCUT2D eigenvalue weighted by Crippen LogP contribution is 2.43. The number of carbonyl (C=O) groups excluding carboxylic acids is 1. The van der Waals surface area contributed by atoms with E-state index in [-0.39, 0.29) is 42.1 Å². The number of fused-ring (bicyclic) bond motifs is 5. The van der Waals surface area contributed by atoms with Gasteiger partial charge in [0, 0.05) is 43.0 Å². The third kappa shape index (κ3) is 7.35. The summed E-state index contributed by atoms with van der Waals surface area (Å²) in [5.41, 5.74) is 10.3. The number of rotatable bonds is 6. The SMILES string of the molecule is CNCOc1c2cc(c3c1OCC(CC1CCN=C(N)N1)C3)CCC(O)CC(=O)CCc1ccc(O)c(OC)c1C#CC2. The van der Waals surface area contributed by atoms with Crippen LogP contribution in [0.1, 0.15) is 59.9 Å². The minimum Gasteiger partial charge on any atom is -0.504 e. The van der Waals surface area contributed by atoms with Crippen LogP contribution in [0.25, 0.3) is 0 Å². The standard InChI is InChI=1S/C33H42N4O6/c1-35-19-43-30-23-4-3-5-27-21(8-11-29(40)31(27)41-2)6-9-25(38)17-26(39)10-7-22(16-23)28-15-20(18-42-32(28)30)14-24-12-13-36-33(34)37-24/h8,11,16,20,24,26,35,39-40H,4,6-7,9-10,12-15,17-19H2,1-2H3,(H3,34,36,37). The quantitative estimate of drug-likeness (QED) is 0.253. The van der Waals surface area contributed by atoms with Gasteiger partial charge in [-0.2, -0.15) is 0 Å². The molecule has 3 aliphatic rings. The lowest BCUT2D eigenvalue weighted by molar-refractivity contribution is -0.121. The number of carbonyl (C=O) groups is 1. The molecule has 2 aliphatic heterocycles. The first-order valence-corrected chi connectivity index (χ1v) is 15.1. The summed E-state index contributed by atoms with van der Waals surface area (Å²) >= 11 is 0. The van der Waals surface area contributed by atoms with Crippen molar-refractivity contribution in [2.24, 2.45) is 16.6 Å². The van der Waals surface area contributed by atoms with Gasteiger partial charge in [-0.3, -0.25) is 15.1 Å². The number of hydrogen-bond donors (Lipinski definition) is 5. The lowest BCUT2D eigenvalue weighted by Crippen LogP contribution is -2.45. The average molecular weight is 591 g/mol. The number of phenolic OH excluding ortho intramolecular Hbond substituents is 1. The second-order valence-corrected chi connectivity index (χ2v) is 11.6. The Kier molecular flexibility index (Phi) is 9.95. The Bertz CT molecular complexity index is 1430. The molecule has 0 radical (unpaired) electrons. The molecule has 10 nitrogen and oxygen atoms in total. The summed E-state index contributed by atoms with van der Waals surface area (Å²) in [4.78, 5) is 17.1. The summed E-state index contributed by atoms with van der Waals surface area (Å²) in [5.74, 6) is 8.90. The number of methoxy groups -OCH3 is 1. The van der Waals surface area contributed by atoms with Crippen molar-refractivity contribution in [3.8, 4) is 34.8 Å². The molecule has 0 amide bonds. The third-order valence-corrected chi connectivity index (χ3v) is 8.36. The minimum atomic E-state index is -0.754. The van der Waals surface area contributed by atoms with Gasteiger partial charge in [-0.25, -0.2) is 0 Å². The number of Topliss-reactive ketones (excluding diaryl/α,β-unsaturated/α-hetero) is 1. The molecule has 2 heterocycles. The first-order valence-electron chi connectivity index (χ1n) is 15.1. The van der Waals surface area contributed by atoms with E-state index in [0.29, 0.717) is 56.3 Å². The van der Waals surface area contributed by atoms with Gasteiger partial charge in [0.15, 0.2) is 29.0 Å². The maximum absolute atomic E-state index is 12.8. The lowest BCUT2D eigenvalue weighted by Gasteiger charge is -2.33. The van der Waals surface area contributed by atoms with Gasteiger partial charge in [0.05, 0.1) is 25.4 Å². The molecular formula is C33H42N4O6. The number of nitrogens with two attached hydrogens (primary N) is 1. The number of guanidine groups is 1. The molecule has 5 rings (SSSR count). The summed E-state index contributed by atoms with van der Waals surface area (Å²) < 4.78 is 18.2. The average Bonchev–Trinajstić information content (AvgIpc) is 2.99. The summed E-state index contributed by atoms with van der Waals surface area (Å²) in [6.07, 6.45) is 4.11. The normalized spacial score (nSPS) is 22.2. The number of nitrogens with one attached hydrogen (secondary N) is 2. The Morgan fingerprint density at radius 3 is 2.81 bits per heavy atom. The molecule has 0 saturated carbocycles. The van der Waals surface area contributed by atoms with E-state index in [9.17, 15) is 15.0 Å². The largest absolute Gasteiger partial charge is 0.504 e. The van der Waals surface area contributed by atoms with Crippen molar-refractivity contribution >= 4 is 11.7 Å². The molecule has 0 spiro atoms. The van der Waals surface area contributed by atoms with Crippen molar-refractivity contribution in [1.29, 1.82) is 0 Å². The van der Waals surface area contributed by atoms with Gasteiger partial charge >= 0.3 is 0 Å². The highest BCUT2D eigenvalue weighted by molar-refractivity contribution is 5.79. The van der Waals surface area contributed by atoms with E-state index < -0.39 is 6.10 Å². The van der Waals surface area contributed by atoms with Gasteiger partial charge < -0.3 is 35.5 Å². The highest BCUT2D eigenvalue weighted by atomic mass is 16.5. The van der Waals surface area contributed by atoms with Crippen molar-refractivity contribution in [1.82, 2.24) is 10.6 Å². The first kappa shape index (κ1) is 30.5. The van der Waals surface area contributed by atoms with E-state index in [0.717, 1.165) is 53.8 Å². The van der Waals surface area contributed by atoms with Crippen molar-refractivity contribution in [3.05, 3.63) is 46.0 Å². The molecule has 0 aromatic heterocycles. The fraction of sp³-hybridized carbons (Fsp3) is 0.515. The number of aliphatic imine (C=N–C) groups is 1. The second-order valence-electron chi connectivity index (χ2n) is 11.6. The van der Waals surface area contributed by atoms with Crippen LogP contribution in [0.3, 0.4) is 0 Å². The number of ether oxygens (including phenoxy) is 3. The van der Waals surface area contributed by atoms with E-state index in [1.54, 1.807) is 12.1 Å². The maximum Gasteiger partial charge on any atom is 0.188 e. The molecule has 3 unspecified atom stereocenters. The first-order chi connectivity index (χ1) is 20.9. The van der Waals surface area contributed by atoms with Crippen LogP contribution in [0, 0.1) is 17.8 Å². The predicted molar refractivity (Wildman–Crippen MR) is 164 cm³/mol. The number of aliphatic hydroxyl groups is 1. The van der Waals surface area contributed by atoms with Crippen LogP contribution in [0.15, 0.2) is 23.2 Å². The molecule has 10 heteroatoms. The Hall–Kier alpha value is -3.94. The number of aromatic hydroxyl groups is 1. The molecule has 2 bridgehead atoms. The van der Waals surface area contributed by atoms with Gasteiger partial charge in [0.25, 0.3) is 0 Å². The molecule has 230 valence electrons. The lowest BCUT2D eigenvalue weighted by atomic mass is 9.85. The zero-order valence-corrected chi connectivity index (χ0v) is 25.0. The van der Waals surface area contributed by atoms with Crippen LogP contribution in [0.5, 0.6) is 23.0 Å². The number of benzene rings is 2. The van der Waals surface area contributed by atoms with E-state index in [1.165, 1.54) is 7.11 Å². The van der Waals surface area contributed by atoms with Crippen LogP contribution in [0.2, 0.25) is 0 Å². The Balaban J connectivity index is 1.53. The van der Waals surface area contributed by atoms with E-state index in [4.69, 9.17) is 19.9 Å². The fourth-order valence-electron chi connectivity index (χ4n) is 6.23. The summed E-state index contributed by atoms with van der Waals surface area (Å²) in [7, 11) is 3.31. The van der Waals surface area contributed by atoms with Gasteiger partial charge in [0.1, 0.15) is 12.5 Å². The Labute approximate surface area is 253 Å². The van der Waals surface area contributed by atoms with Crippen LogP contribution in [-0.4, -0.2) is 68.1 Å². The van der Waals surface area contributed by atoms with Gasteiger partial charge in [-0.1, -0.05) is 24.0 Å². The number of phenols is 1. The summed E-state index contributed by atoms with van der Waals surface area (Å²) in [5, 5.41) is 27.7. The molecule has 6 N–H and O–H groups in total. The molecule has 2 aromatic rings. The summed E-state index contributed by atoms with van der Waals surface area (Å²) in [6.45, 7) is 1.57. The number of ketones is 1. The number of nitrogens with zero attached hydrogens (tertiary/aromatic N) is 1. The molecular weight excluding hydrogens is 548 g/mol. The highest BCUT2D eigenvalue weighted by Gasteiger charge is 2.30. The van der Waals surface area contributed by atoms with Crippen LogP contribution >= 0.6 is 0 Å². The van der Waals surface area contributed by atoms with E-state index in [2.05, 4.69) is 33.5 Å². The van der Waals surface area contributed by atoms with Gasteiger partial charge in [-0.15, -0.1) is 0 Å². The Morgan fingerprint density at radius 1 is 1.16 bits per heavy atom. The van der Waals surface area contributed by atoms with Gasteiger partial charge in [-0.05, 0) is 68.7 Å². The predicted octanol–water partition coefficient (Wildman–Crippen LogP) is 2.37. The minimum absolute atomic E-state index is 0.00863. The van der Waals surface area contributed by atoms with Crippen molar-refractivity contribution in [2.75, 3.05) is 34.0 Å². The molecule has 0 saturated heterocycles. The van der Waals surface area contributed by atoms with Crippen LogP contribution in [-0.2, 0) is 30.5 Å². The topological polar surface area (TPSA) is 148 Å². The molecule has 1 aliphatic carbocycles. The van der Waals surface area contributed by atoms with Crippen molar-refractivity contribution < 1.29 is 29.2 Å². The zero-order chi connectivity index (χ0) is 30.3. The number of aryl methyl sites for hydroxylation is 2. The zero-order valence-electron chi connectivity index (χ0n) is 25.0. The molecule has 3 atom stereocenters. The molecule has 43 heavy (non-hydrogen) atoms. The van der Waals surface area contributed by atoms with Gasteiger partial charge in [0.2, 0.25) is 0 Å². The summed E-state index contributed by atoms with van der Waals surface area (Å²) in [6, 6.07) is 5.69. The second kappa shape index (κ2) is 14.0. The molecule has 0 fully saturated rings. The smallest absolute Gasteiger partial charge is 0.188 e. The monoisotopic (exact) mass is 590 g/mol. The maximum atomic E-state index is 12.8. The van der Waals surface area contributed by atoms with E-state index in [1.807, 2.05) is 7.05 Å². The van der Waals surface area contributed by atoms with E-state index >= 15 is 0 Å².